The van der Waals surface area contributed by atoms with Crippen LogP contribution in [-0.2, 0) is 6.54 Å². The van der Waals surface area contributed by atoms with Crippen LogP contribution < -0.4 is 11.1 Å². The molecule has 0 saturated heterocycles. The van der Waals surface area contributed by atoms with Crippen LogP contribution in [0.25, 0.3) is 0 Å². The summed E-state index contributed by atoms with van der Waals surface area (Å²) >= 11 is 0. The third kappa shape index (κ3) is 2.94. The van der Waals surface area contributed by atoms with Crippen LogP contribution in [0, 0.1) is 17.5 Å². The SMILES string of the molecule is NCc1ccc(C(=O)Nc2c(F)cc(F)cc2F)nc1. The minimum atomic E-state index is -1.20. The molecule has 0 saturated carbocycles. The van der Waals surface area contributed by atoms with Crippen LogP contribution in [0.2, 0.25) is 0 Å². The van der Waals surface area contributed by atoms with E-state index in [1.807, 2.05) is 5.32 Å². The molecule has 0 unspecified atom stereocenters. The summed E-state index contributed by atoms with van der Waals surface area (Å²) < 4.78 is 39.5. The molecule has 0 spiro atoms. The number of pyridine rings is 1. The molecule has 104 valence electrons. The number of rotatable bonds is 3. The maximum Gasteiger partial charge on any atom is 0.274 e. The van der Waals surface area contributed by atoms with Crippen molar-refractivity contribution in [3.63, 3.8) is 0 Å². The molecule has 2 aromatic rings. The number of carbonyl (C=O) groups excluding carboxylic acids is 1. The van der Waals surface area contributed by atoms with E-state index in [-0.39, 0.29) is 12.2 Å². The molecule has 0 radical (unpaired) electrons. The molecule has 4 nitrogen and oxygen atoms in total. The number of nitrogens with zero attached hydrogens (tertiary/aromatic N) is 1. The number of halogens is 3. The van der Waals surface area contributed by atoms with E-state index < -0.39 is 29.0 Å². The molecule has 0 aliphatic heterocycles. The predicted molar refractivity (Wildman–Crippen MR) is 66.4 cm³/mol. The first-order chi connectivity index (χ1) is 9.51. The average molecular weight is 281 g/mol. The van der Waals surface area contributed by atoms with Crippen molar-refractivity contribution in [3.8, 4) is 0 Å². The highest BCUT2D eigenvalue weighted by atomic mass is 19.1. The minimum absolute atomic E-state index is 0.0367. The van der Waals surface area contributed by atoms with Crippen LogP contribution in [0.4, 0.5) is 18.9 Å². The molecule has 20 heavy (non-hydrogen) atoms. The predicted octanol–water partition coefficient (Wildman–Crippen LogP) is 2.21. The van der Waals surface area contributed by atoms with Gasteiger partial charge in [0.05, 0.1) is 0 Å². The van der Waals surface area contributed by atoms with Crippen LogP contribution >= 0.6 is 0 Å². The van der Waals surface area contributed by atoms with E-state index in [1.165, 1.54) is 12.3 Å². The van der Waals surface area contributed by atoms with Crippen LogP contribution in [0.15, 0.2) is 30.5 Å². The number of amides is 1. The maximum absolute atomic E-state index is 13.4. The summed E-state index contributed by atoms with van der Waals surface area (Å²) in [5.74, 6) is -4.27. The van der Waals surface area contributed by atoms with Gasteiger partial charge in [0.15, 0.2) is 11.6 Å². The molecule has 0 atom stereocenters. The third-order valence-electron chi connectivity index (χ3n) is 2.54. The van der Waals surface area contributed by atoms with E-state index in [9.17, 15) is 18.0 Å². The molecule has 0 fully saturated rings. The van der Waals surface area contributed by atoms with Crippen molar-refractivity contribution in [3.05, 3.63) is 59.2 Å². The van der Waals surface area contributed by atoms with Crippen molar-refractivity contribution in [2.75, 3.05) is 5.32 Å². The Bertz CT molecular complexity index is 621. The van der Waals surface area contributed by atoms with E-state index in [4.69, 9.17) is 5.73 Å². The summed E-state index contributed by atoms with van der Waals surface area (Å²) in [6.45, 7) is 0.260. The van der Waals surface area contributed by atoms with Crippen molar-refractivity contribution in [1.29, 1.82) is 0 Å². The summed E-state index contributed by atoms with van der Waals surface area (Å²) in [7, 11) is 0. The van der Waals surface area contributed by atoms with E-state index in [0.717, 1.165) is 0 Å². The second-order valence-electron chi connectivity index (χ2n) is 3.95. The second-order valence-corrected chi connectivity index (χ2v) is 3.95. The quantitative estimate of drug-likeness (QED) is 0.906. The summed E-state index contributed by atoms with van der Waals surface area (Å²) in [6, 6.07) is 3.89. The number of hydrogen-bond acceptors (Lipinski definition) is 3. The lowest BCUT2D eigenvalue weighted by atomic mass is 10.2. The maximum atomic E-state index is 13.4. The Morgan fingerprint density at radius 3 is 2.35 bits per heavy atom. The number of aromatic nitrogens is 1. The van der Waals surface area contributed by atoms with Gasteiger partial charge in [-0.05, 0) is 11.6 Å². The minimum Gasteiger partial charge on any atom is -0.326 e. The lowest BCUT2D eigenvalue weighted by molar-refractivity contribution is 0.102. The molecule has 0 aliphatic carbocycles. The van der Waals surface area contributed by atoms with Gasteiger partial charge in [-0.25, -0.2) is 13.2 Å². The van der Waals surface area contributed by atoms with Crippen molar-refractivity contribution < 1.29 is 18.0 Å². The lowest BCUT2D eigenvalue weighted by Gasteiger charge is -2.07. The molecule has 7 heteroatoms. The fourth-order valence-electron chi connectivity index (χ4n) is 1.52. The number of benzene rings is 1. The number of nitrogens with one attached hydrogen (secondary N) is 1. The normalized spacial score (nSPS) is 10.4. The van der Waals surface area contributed by atoms with E-state index in [0.29, 0.717) is 17.7 Å². The van der Waals surface area contributed by atoms with E-state index >= 15 is 0 Å². The van der Waals surface area contributed by atoms with Gasteiger partial charge < -0.3 is 11.1 Å². The van der Waals surface area contributed by atoms with Crippen molar-refractivity contribution in [2.24, 2.45) is 5.73 Å². The van der Waals surface area contributed by atoms with Crippen molar-refractivity contribution in [1.82, 2.24) is 4.98 Å². The molecular formula is C13H10F3N3O. The highest BCUT2D eigenvalue weighted by Gasteiger charge is 2.16. The first kappa shape index (κ1) is 14.0. The largest absolute Gasteiger partial charge is 0.326 e. The zero-order chi connectivity index (χ0) is 14.7. The molecule has 3 N–H and O–H groups in total. The molecule has 0 bridgehead atoms. The van der Waals surface area contributed by atoms with Gasteiger partial charge in [0.1, 0.15) is 17.2 Å². The Labute approximate surface area is 112 Å². The second kappa shape index (κ2) is 5.70. The fraction of sp³-hybridized carbons (Fsp3) is 0.0769. The Hall–Kier alpha value is -2.41. The average Bonchev–Trinajstić information content (AvgIpc) is 2.42. The van der Waals surface area contributed by atoms with Crippen LogP contribution in [0.3, 0.4) is 0 Å². The van der Waals surface area contributed by atoms with Crippen molar-refractivity contribution in [2.45, 2.75) is 6.54 Å². The molecule has 2 rings (SSSR count). The van der Waals surface area contributed by atoms with Gasteiger partial charge in [0.25, 0.3) is 5.91 Å². The van der Waals surface area contributed by atoms with Crippen LogP contribution in [0.1, 0.15) is 16.1 Å². The molecule has 1 aromatic heterocycles. The molecule has 0 aliphatic rings. The standard InChI is InChI=1S/C13H10F3N3O/c14-8-3-9(15)12(10(16)4-8)19-13(20)11-2-1-7(5-17)6-18-11/h1-4,6H,5,17H2,(H,19,20). The van der Waals surface area contributed by atoms with Crippen molar-refractivity contribution >= 4 is 11.6 Å². The summed E-state index contributed by atoms with van der Waals surface area (Å²) in [4.78, 5) is 15.6. The summed E-state index contributed by atoms with van der Waals surface area (Å²) in [5.41, 5.74) is 5.33. The highest BCUT2D eigenvalue weighted by Crippen LogP contribution is 2.20. The topological polar surface area (TPSA) is 68.0 Å². The van der Waals surface area contributed by atoms with Crippen LogP contribution in [-0.4, -0.2) is 10.9 Å². The Balaban J connectivity index is 2.23. The molecule has 1 aromatic carbocycles. The highest BCUT2D eigenvalue weighted by molar-refractivity contribution is 6.02. The van der Waals surface area contributed by atoms with Gasteiger partial charge in [-0.1, -0.05) is 6.07 Å². The Kier molecular flexibility index (Phi) is 3.99. The fourth-order valence-corrected chi connectivity index (χ4v) is 1.52. The molecular weight excluding hydrogens is 271 g/mol. The number of anilines is 1. The van der Waals surface area contributed by atoms with E-state index in [2.05, 4.69) is 4.98 Å². The first-order valence-corrected chi connectivity index (χ1v) is 5.62. The van der Waals surface area contributed by atoms with Gasteiger partial charge in [-0.3, -0.25) is 9.78 Å². The monoisotopic (exact) mass is 281 g/mol. The van der Waals surface area contributed by atoms with Gasteiger partial charge in [-0.2, -0.15) is 0 Å². The summed E-state index contributed by atoms with van der Waals surface area (Å²) in [5, 5.41) is 2.01. The van der Waals surface area contributed by atoms with Gasteiger partial charge in [-0.15, -0.1) is 0 Å². The number of carbonyl (C=O) groups is 1. The third-order valence-corrected chi connectivity index (χ3v) is 2.54. The van der Waals surface area contributed by atoms with Gasteiger partial charge in [0, 0.05) is 24.9 Å². The molecule has 1 amide bonds. The number of hydrogen-bond donors (Lipinski definition) is 2. The van der Waals surface area contributed by atoms with Gasteiger partial charge in [0.2, 0.25) is 0 Å². The smallest absolute Gasteiger partial charge is 0.274 e. The number of nitrogens with two attached hydrogens (primary N) is 1. The Morgan fingerprint density at radius 1 is 1.20 bits per heavy atom. The first-order valence-electron chi connectivity index (χ1n) is 5.62. The zero-order valence-electron chi connectivity index (χ0n) is 10.2. The molecule has 1 heterocycles. The van der Waals surface area contributed by atoms with Crippen LogP contribution in [0.5, 0.6) is 0 Å². The zero-order valence-corrected chi connectivity index (χ0v) is 10.2. The lowest BCUT2D eigenvalue weighted by Crippen LogP contribution is -2.16. The Morgan fingerprint density at radius 2 is 1.85 bits per heavy atom. The van der Waals surface area contributed by atoms with E-state index in [1.54, 1.807) is 6.07 Å². The van der Waals surface area contributed by atoms with Gasteiger partial charge >= 0.3 is 0 Å². The summed E-state index contributed by atoms with van der Waals surface area (Å²) in [6.07, 6.45) is 1.38.